The Morgan fingerprint density at radius 2 is 2.39 bits per heavy atom. The number of fused-ring (bicyclic) bond motifs is 1. The third-order valence-electron chi connectivity index (χ3n) is 3.22. The summed E-state index contributed by atoms with van der Waals surface area (Å²) in [5.74, 6) is 0.0539. The van der Waals surface area contributed by atoms with E-state index in [4.69, 9.17) is 0 Å². The van der Waals surface area contributed by atoms with Gasteiger partial charge in [-0.1, -0.05) is 24.3 Å². The molecular weight excluding hydrogens is 224 g/mol. The molecule has 0 fully saturated rings. The maximum absolute atomic E-state index is 12.1. The Labute approximate surface area is 108 Å². The van der Waals surface area contributed by atoms with Crippen molar-refractivity contribution in [3.05, 3.63) is 47.0 Å². The average Bonchev–Trinajstić information content (AvgIpc) is 2.43. The van der Waals surface area contributed by atoms with Gasteiger partial charge in [0.1, 0.15) is 0 Å². The Morgan fingerprint density at radius 3 is 3.22 bits per heavy atom. The normalized spacial score (nSPS) is 14.5. The molecule has 3 heteroatoms. The molecule has 0 bridgehead atoms. The van der Waals surface area contributed by atoms with Crippen LogP contribution < -0.4 is 10.6 Å². The van der Waals surface area contributed by atoms with Crippen LogP contribution in [0.2, 0.25) is 0 Å². The molecule has 1 amide bonds. The fraction of sp³-hybridized carbons (Fsp3) is 0.400. The van der Waals surface area contributed by atoms with Gasteiger partial charge in [0.25, 0.3) is 5.91 Å². The summed E-state index contributed by atoms with van der Waals surface area (Å²) in [6.07, 6.45) is 5.89. The Hall–Kier alpha value is -1.61. The summed E-state index contributed by atoms with van der Waals surface area (Å²) in [5, 5.41) is 6.30. The van der Waals surface area contributed by atoms with E-state index in [1.807, 2.05) is 25.1 Å². The monoisotopic (exact) mass is 244 g/mol. The van der Waals surface area contributed by atoms with Gasteiger partial charge in [-0.25, -0.2) is 0 Å². The molecule has 0 aliphatic carbocycles. The third-order valence-corrected chi connectivity index (χ3v) is 3.22. The lowest BCUT2D eigenvalue weighted by Gasteiger charge is -2.19. The number of carbonyl (C=O) groups excluding carboxylic acids is 1. The average molecular weight is 244 g/mol. The first-order chi connectivity index (χ1) is 8.83. The van der Waals surface area contributed by atoms with Crippen LogP contribution in [0.5, 0.6) is 0 Å². The molecule has 0 aromatic heterocycles. The lowest BCUT2D eigenvalue weighted by atomic mass is 9.95. The highest BCUT2D eigenvalue weighted by molar-refractivity contribution is 5.96. The molecule has 2 rings (SSSR count). The van der Waals surface area contributed by atoms with Crippen molar-refractivity contribution in [1.82, 2.24) is 10.6 Å². The molecule has 0 atom stereocenters. The SMILES string of the molecule is C/C=C/CCNC(=O)c1cccc2c1CCNC2. The highest BCUT2D eigenvalue weighted by Gasteiger charge is 2.16. The van der Waals surface area contributed by atoms with Crippen LogP contribution in [-0.4, -0.2) is 19.0 Å². The lowest BCUT2D eigenvalue weighted by Crippen LogP contribution is -2.29. The first-order valence-corrected chi connectivity index (χ1v) is 6.53. The van der Waals surface area contributed by atoms with Crippen molar-refractivity contribution in [3.63, 3.8) is 0 Å². The van der Waals surface area contributed by atoms with E-state index in [9.17, 15) is 4.79 Å². The van der Waals surface area contributed by atoms with E-state index < -0.39 is 0 Å². The number of nitrogens with one attached hydrogen (secondary N) is 2. The number of carbonyl (C=O) groups is 1. The maximum atomic E-state index is 12.1. The minimum Gasteiger partial charge on any atom is -0.352 e. The van der Waals surface area contributed by atoms with Gasteiger partial charge in [-0.05, 0) is 43.5 Å². The van der Waals surface area contributed by atoms with Crippen molar-refractivity contribution in [1.29, 1.82) is 0 Å². The molecule has 1 aliphatic rings. The molecule has 0 radical (unpaired) electrons. The van der Waals surface area contributed by atoms with E-state index in [-0.39, 0.29) is 5.91 Å². The molecule has 96 valence electrons. The number of hydrogen-bond donors (Lipinski definition) is 2. The molecule has 0 spiro atoms. The molecule has 0 unspecified atom stereocenters. The molecule has 1 aromatic carbocycles. The fourth-order valence-electron chi connectivity index (χ4n) is 2.28. The van der Waals surface area contributed by atoms with Gasteiger partial charge in [-0.15, -0.1) is 0 Å². The Balaban J connectivity index is 2.06. The van der Waals surface area contributed by atoms with Gasteiger partial charge in [0, 0.05) is 18.7 Å². The predicted octanol–water partition coefficient (Wildman–Crippen LogP) is 2.03. The second kappa shape index (κ2) is 6.36. The van der Waals surface area contributed by atoms with Crippen LogP contribution in [0.1, 0.15) is 34.8 Å². The summed E-state index contributed by atoms with van der Waals surface area (Å²) in [5.41, 5.74) is 3.30. The van der Waals surface area contributed by atoms with Gasteiger partial charge in [0.2, 0.25) is 0 Å². The molecule has 18 heavy (non-hydrogen) atoms. The topological polar surface area (TPSA) is 41.1 Å². The Morgan fingerprint density at radius 1 is 1.50 bits per heavy atom. The van der Waals surface area contributed by atoms with E-state index in [2.05, 4.69) is 22.8 Å². The Bertz CT molecular complexity index is 452. The van der Waals surface area contributed by atoms with Crippen molar-refractivity contribution in [2.75, 3.05) is 13.1 Å². The second-order valence-electron chi connectivity index (χ2n) is 4.48. The van der Waals surface area contributed by atoms with E-state index in [0.29, 0.717) is 6.54 Å². The minimum atomic E-state index is 0.0539. The number of hydrogen-bond acceptors (Lipinski definition) is 2. The van der Waals surface area contributed by atoms with Crippen molar-refractivity contribution in [3.8, 4) is 0 Å². The van der Waals surface area contributed by atoms with E-state index in [1.54, 1.807) is 0 Å². The van der Waals surface area contributed by atoms with Gasteiger partial charge in [0.15, 0.2) is 0 Å². The number of amides is 1. The van der Waals surface area contributed by atoms with Crippen LogP contribution in [0.25, 0.3) is 0 Å². The first-order valence-electron chi connectivity index (χ1n) is 6.53. The minimum absolute atomic E-state index is 0.0539. The smallest absolute Gasteiger partial charge is 0.251 e. The summed E-state index contributed by atoms with van der Waals surface area (Å²) in [6.45, 7) is 4.51. The molecule has 3 nitrogen and oxygen atoms in total. The van der Waals surface area contributed by atoms with Gasteiger partial charge in [-0.3, -0.25) is 4.79 Å². The predicted molar refractivity (Wildman–Crippen MR) is 73.6 cm³/mol. The number of allylic oxidation sites excluding steroid dienone is 1. The second-order valence-corrected chi connectivity index (χ2v) is 4.48. The van der Waals surface area contributed by atoms with Crippen LogP contribution in [0.3, 0.4) is 0 Å². The summed E-state index contributed by atoms with van der Waals surface area (Å²) < 4.78 is 0. The van der Waals surface area contributed by atoms with Gasteiger partial charge in [0.05, 0.1) is 0 Å². The lowest BCUT2D eigenvalue weighted by molar-refractivity contribution is 0.0953. The molecular formula is C15H20N2O. The zero-order valence-electron chi connectivity index (χ0n) is 10.8. The van der Waals surface area contributed by atoms with Gasteiger partial charge < -0.3 is 10.6 Å². The number of benzene rings is 1. The van der Waals surface area contributed by atoms with Crippen LogP contribution >= 0.6 is 0 Å². The molecule has 1 heterocycles. The van der Waals surface area contributed by atoms with E-state index in [0.717, 1.165) is 31.5 Å². The van der Waals surface area contributed by atoms with Crippen molar-refractivity contribution < 1.29 is 4.79 Å². The summed E-state index contributed by atoms with van der Waals surface area (Å²) >= 11 is 0. The molecule has 0 saturated heterocycles. The quantitative estimate of drug-likeness (QED) is 0.628. The molecule has 1 aromatic rings. The van der Waals surface area contributed by atoms with Crippen molar-refractivity contribution >= 4 is 5.91 Å². The summed E-state index contributed by atoms with van der Waals surface area (Å²) in [7, 11) is 0. The van der Waals surface area contributed by atoms with Crippen LogP contribution in [-0.2, 0) is 13.0 Å². The summed E-state index contributed by atoms with van der Waals surface area (Å²) in [4.78, 5) is 12.1. The highest BCUT2D eigenvalue weighted by Crippen LogP contribution is 2.18. The highest BCUT2D eigenvalue weighted by atomic mass is 16.1. The van der Waals surface area contributed by atoms with Crippen LogP contribution in [0.4, 0.5) is 0 Å². The van der Waals surface area contributed by atoms with Gasteiger partial charge in [-0.2, -0.15) is 0 Å². The standard InChI is InChI=1S/C15H20N2O/c1-2-3-4-9-17-15(18)14-7-5-6-12-11-16-10-8-13(12)14/h2-3,5-7,16H,4,8-11H2,1H3,(H,17,18)/b3-2+. The largest absolute Gasteiger partial charge is 0.352 e. The molecule has 2 N–H and O–H groups in total. The van der Waals surface area contributed by atoms with Crippen molar-refractivity contribution in [2.45, 2.75) is 26.3 Å². The van der Waals surface area contributed by atoms with E-state index >= 15 is 0 Å². The van der Waals surface area contributed by atoms with Gasteiger partial charge >= 0.3 is 0 Å². The van der Waals surface area contributed by atoms with Crippen LogP contribution in [0, 0.1) is 0 Å². The summed E-state index contributed by atoms with van der Waals surface area (Å²) in [6, 6.07) is 5.99. The third kappa shape index (κ3) is 2.99. The number of rotatable bonds is 4. The first kappa shape index (κ1) is 12.8. The van der Waals surface area contributed by atoms with Crippen molar-refractivity contribution in [2.24, 2.45) is 0 Å². The Kier molecular flexibility index (Phi) is 4.53. The van der Waals surface area contributed by atoms with E-state index in [1.165, 1.54) is 11.1 Å². The molecule has 0 saturated carbocycles. The molecule has 1 aliphatic heterocycles. The zero-order chi connectivity index (χ0) is 12.8. The van der Waals surface area contributed by atoms with Crippen LogP contribution in [0.15, 0.2) is 30.4 Å². The maximum Gasteiger partial charge on any atom is 0.251 e. The zero-order valence-corrected chi connectivity index (χ0v) is 10.8. The fourth-order valence-corrected chi connectivity index (χ4v) is 2.28.